The molecule has 0 N–H and O–H groups in total. The minimum atomic E-state index is 0.431. The number of hydrogen-bond acceptors (Lipinski definition) is 0. The fourth-order valence-electron chi connectivity index (χ4n) is 0.931. The van der Waals surface area contributed by atoms with Crippen molar-refractivity contribution in [3.63, 3.8) is 0 Å². The summed E-state index contributed by atoms with van der Waals surface area (Å²) in [5.41, 5.74) is 7.86. The van der Waals surface area contributed by atoms with Crippen molar-refractivity contribution in [1.82, 2.24) is 0 Å². The Morgan fingerprint density at radius 2 is 2.71 bits per heavy atom. The minimum Gasteiger partial charge on any atom is -0.0737 e. The number of allylic oxidation sites excluding steroid dienone is 2. The minimum absolute atomic E-state index is 0.431. The summed E-state index contributed by atoms with van der Waals surface area (Å²) in [4.78, 5) is 0. The van der Waals surface area contributed by atoms with Crippen molar-refractivity contribution < 1.29 is 0 Å². The Bertz CT molecular complexity index is 210. The van der Waals surface area contributed by atoms with Gasteiger partial charge >= 0.3 is 0 Å². The Balaban J connectivity index is 2.73. The van der Waals surface area contributed by atoms with Crippen LogP contribution in [0.2, 0.25) is 0 Å². The molecule has 1 saturated carbocycles. The van der Waals surface area contributed by atoms with Crippen LogP contribution in [-0.2, 0) is 0 Å². The summed E-state index contributed by atoms with van der Waals surface area (Å²) < 4.78 is 0. The van der Waals surface area contributed by atoms with Gasteiger partial charge in [0.2, 0.25) is 0 Å². The van der Waals surface area contributed by atoms with Gasteiger partial charge in [0.05, 0.1) is 0 Å². The van der Waals surface area contributed by atoms with Gasteiger partial charge in [-0.2, -0.15) is 0 Å². The van der Waals surface area contributed by atoms with Crippen LogP contribution < -0.4 is 0 Å². The Labute approximate surface area is 42.8 Å². The van der Waals surface area contributed by atoms with Crippen LogP contribution in [0.3, 0.4) is 0 Å². The van der Waals surface area contributed by atoms with Crippen molar-refractivity contribution in [1.29, 1.82) is 0 Å². The molecule has 0 aromatic rings. The van der Waals surface area contributed by atoms with Crippen molar-refractivity contribution in [3.05, 3.63) is 23.1 Å². The molecule has 1 fully saturated rings. The van der Waals surface area contributed by atoms with E-state index in [0.717, 1.165) is 0 Å². The molecule has 0 aromatic heterocycles. The third-order valence-electron chi connectivity index (χ3n) is 1.72. The maximum atomic E-state index is 3.05. The molecule has 2 rings (SSSR count). The van der Waals surface area contributed by atoms with Crippen LogP contribution in [0.4, 0.5) is 0 Å². The highest BCUT2D eigenvalue weighted by atomic mass is 14.4. The standard InChI is InChI=1S/C7H6/c1-7-4-2-3-6(7)5-7/h4H,5H2,1H3. The molecule has 0 spiro atoms. The van der Waals surface area contributed by atoms with Crippen LogP contribution in [0.15, 0.2) is 23.1 Å². The zero-order valence-corrected chi connectivity index (χ0v) is 4.28. The van der Waals surface area contributed by atoms with Gasteiger partial charge in [0.15, 0.2) is 0 Å². The van der Waals surface area contributed by atoms with E-state index in [1.165, 1.54) is 12.0 Å². The molecule has 0 heteroatoms. The number of rotatable bonds is 0. The van der Waals surface area contributed by atoms with E-state index >= 15 is 0 Å². The second-order valence-corrected chi connectivity index (χ2v) is 2.49. The van der Waals surface area contributed by atoms with Gasteiger partial charge in [-0.3, -0.25) is 0 Å². The third kappa shape index (κ3) is 0.247. The van der Waals surface area contributed by atoms with Crippen molar-refractivity contribution in [2.24, 2.45) is 5.41 Å². The monoisotopic (exact) mass is 90.0 g/mol. The average molecular weight is 90.1 g/mol. The molecular formula is C7H6. The molecule has 0 nitrogen and oxygen atoms in total. The highest BCUT2D eigenvalue weighted by Crippen LogP contribution is 2.53. The predicted octanol–water partition coefficient (Wildman–Crippen LogP) is 1.65. The summed E-state index contributed by atoms with van der Waals surface area (Å²) in [5, 5.41) is 0. The lowest BCUT2D eigenvalue weighted by atomic mass is 10.1. The molecule has 0 radical (unpaired) electrons. The van der Waals surface area contributed by atoms with E-state index in [1.807, 2.05) is 0 Å². The van der Waals surface area contributed by atoms with Crippen molar-refractivity contribution in [3.8, 4) is 0 Å². The summed E-state index contributed by atoms with van der Waals surface area (Å²) in [6, 6.07) is 0. The Morgan fingerprint density at radius 3 is 2.86 bits per heavy atom. The van der Waals surface area contributed by atoms with Gasteiger partial charge in [0, 0.05) is 5.41 Å². The lowest BCUT2D eigenvalue weighted by molar-refractivity contribution is 0.790. The van der Waals surface area contributed by atoms with Gasteiger partial charge in [0.1, 0.15) is 0 Å². The molecule has 7 heavy (non-hydrogen) atoms. The molecule has 0 bridgehead atoms. The Kier molecular flexibility index (Phi) is 0.307. The lowest BCUT2D eigenvalue weighted by Crippen LogP contribution is -1.79. The van der Waals surface area contributed by atoms with Gasteiger partial charge in [-0.25, -0.2) is 0 Å². The highest BCUT2D eigenvalue weighted by molar-refractivity contribution is 5.40. The van der Waals surface area contributed by atoms with Gasteiger partial charge in [-0.15, -0.1) is 0 Å². The summed E-state index contributed by atoms with van der Waals surface area (Å²) in [6.45, 7) is 2.22. The van der Waals surface area contributed by atoms with E-state index in [1.54, 1.807) is 0 Å². The Hall–Kier alpha value is -0.700. The largest absolute Gasteiger partial charge is 0.0737 e. The third-order valence-corrected chi connectivity index (χ3v) is 1.72. The van der Waals surface area contributed by atoms with Gasteiger partial charge < -0.3 is 0 Å². The molecule has 0 heterocycles. The highest BCUT2D eigenvalue weighted by Gasteiger charge is 2.43. The summed E-state index contributed by atoms with van der Waals surface area (Å²) in [7, 11) is 0. The summed E-state index contributed by atoms with van der Waals surface area (Å²) in [5.74, 6) is 0. The fourth-order valence-corrected chi connectivity index (χ4v) is 0.931. The number of fused-ring (bicyclic) bond motifs is 1. The topological polar surface area (TPSA) is 0 Å². The van der Waals surface area contributed by atoms with Crippen molar-refractivity contribution in [2.75, 3.05) is 0 Å². The zero-order valence-electron chi connectivity index (χ0n) is 4.28. The summed E-state index contributed by atoms with van der Waals surface area (Å²) in [6.07, 6.45) is 3.34. The first-order valence-corrected chi connectivity index (χ1v) is 2.53. The van der Waals surface area contributed by atoms with Crippen molar-refractivity contribution in [2.45, 2.75) is 13.3 Å². The van der Waals surface area contributed by atoms with Crippen LogP contribution in [0.1, 0.15) is 13.3 Å². The molecule has 0 amide bonds. The van der Waals surface area contributed by atoms with E-state index in [-0.39, 0.29) is 0 Å². The first-order valence-electron chi connectivity index (χ1n) is 2.53. The van der Waals surface area contributed by atoms with Crippen LogP contribution in [0.25, 0.3) is 0 Å². The maximum Gasteiger partial charge on any atom is 0.0270 e. The van der Waals surface area contributed by atoms with Crippen LogP contribution in [0.5, 0.6) is 0 Å². The van der Waals surface area contributed by atoms with Crippen LogP contribution in [-0.4, -0.2) is 0 Å². The Morgan fingerprint density at radius 1 is 1.86 bits per heavy atom. The maximum absolute atomic E-state index is 3.05. The zero-order chi connectivity index (χ0) is 4.91. The molecule has 2 aliphatic carbocycles. The first-order chi connectivity index (χ1) is 3.31. The van der Waals surface area contributed by atoms with E-state index in [2.05, 4.69) is 24.5 Å². The van der Waals surface area contributed by atoms with Crippen molar-refractivity contribution >= 4 is 0 Å². The molecule has 0 saturated heterocycles. The predicted molar refractivity (Wildman–Crippen MR) is 27.8 cm³/mol. The second-order valence-electron chi connectivity index (χ2n) is 2.49. The molecule has 1 atom stereocenters. The van der Waals surface area contributed by atoms with Crippen LogP contribution in [0, 0.1) is 5.41 Å². The quantitative estimate of drug-likeness (QED) is 0.397. The normalized spacial score (nSPS) is 41.0. The van der Waals surface area contributed by atoms with E-state index in [0.29, 0.717) is 5.41 Å². The van der Waals surface area contributed by atoms with Gasteiger partial charge in [-0.1, -0.05) is 18.4 Å². The van der Waals surface area contributed by atoms with Gasteiger partial charge in [-0.05, 0) is 18.1 Å². The first kappa shape index (κ1) is 3.32. The van der Waals surface area contributed by atoms with Crippen LogP contribution >= 0.6 is 0 Å². The van der Waals surface area contributed by atoms with Gasteiger partial charge in [0.25, 0.3) is 0 Å². The fraction of sp³-hybridized carbons (Fsp3) is 0.429. The van der Waals surface area contributed by atoms with E-state index < -0.39 is 0 Å². The molecule has 2 aliphatic rings. The van der Waals surface area contributed by atoms with E-state index in [9.17, 15) is 0 Å². The van der Waals surface area contributed by atoms with E-state index in [4.69, 9.17) is 0 Å². The molecule has 0 aliphatic heterocycles. The number of hydrogen-bond donors (Lipinski definition) is 0. The average Bonchev–Trinajstić information content (AvgIpc) is 2.09. The second kappa shape index (κ2) is 0.648. The molecule has 0 aromatic carbocycles. The SMILES string of the molecule is CC12C=C=C=C1C2. The molecular weight excluding hydrogens is 84.1 g/mol. The molecule has 1 unspecified atom stereocenters. The lowest BCUT2D eigenvalue weighted by Gasteiger charge is -1.87. The molecule has 34 valence electrons. The summed E-state index contributed by atoms with van der Waals surface area (Å²) >= 11 is 0. The smallest absolute Gasteiger partial charge is 0.0270 e.